The van der Waals surface area contributed by atoms with Gasteiger partial charge in [0, 0.05) is 6.04 Å². The van der Waals surface area contributed by atoms with Crippen LogP contribution in [0.5, 0.6) is 5.75 Å². The third-order valence-electron chi connectivity index (χ3n) is 3.08. The second-order valence-electron chi connectivity index (χ2n) is 5.14. The van der Waals surface area contributed by atoms with Gasteiger partial charge in [0.05, 0.1) is 11.3 Å². The van der Waals surface area contributed by atoms with Gasteiger partial charge in [-0.1, -0.05) is 13.8 Å². The number of hydrogen-bond donors (Lipinski definition) is 2. The minimum absolute atomic E-state index is 0.0222. The third-order valence-corrected chi connectivity index (χ3v) is 3.08. The van der Waals surface area contributed by atoms with E-state index in [1.165, 1.54) is 0 Å². The van der Waals surface area contributed by atoms with E-state index in [1.54, 1.807) is 0 Å². The molecule has 0 fully saturated rings. The van der Waals surface area contributed by atoms with Crippen molar-refractivity contribution >= 4 is 11.6 Å². The van der Waals surface area contributed by atoms with Crippen molar-refractivity contribution in [1.82, 2.24) is 5.32 Å². The summed E-state index contributed by atoms with van der Waals surface area (Å²) in [5.74, 6) is -0.0315. The molecular weight excluding hydrogens is 285 g/mol. The number of amides is 1. The van der Waals surface area contributed by atoms with Crippen LogP contribution in [0.25, 0.3) is 0 Å². The van der Waals surface area contributed by atoms with Crippen LogP contribution < -0.4 is 15.8 Å². The molecule has 0 aliphatic carbocycles. The van der Waals surface area contributed by atoms with Gasteiger partial charge in [-0.2, -0.15) is 13.2 Å². The lowest BCUT2D eigenvalue weighted by molar-refractivity contribution is -0.137. The minimum atomic E-state index is -4.46. The summed E-state index contributed by atoms with van der Waals surface area (Å²) in [6.07, 6.45) is -4.46. The first-order valence-electron chi connectivity index (χ1n) is 6.50. The van der Waals surface area contributed by atoms with E-state index in [1.807, 2.05) is 20.8 Å². The summed E-state index contributed by atoms with van der Waals surface area (Å²) in [5, 5.41) is 2.72. The molecule has 21 heavy (non-hydrogen) atoms. The van der Waals surface area contributed by atoms with Gasteiger partial charge in [0.25, 0.3) is 5.91 Å². The number of benzene rings is 1. The highest BCUT2D eigenvalue weighted by atomic mass is 19.4. The summed E-state index contributed by atoms with van der Waals surface area (Å²) in [7, 11) is 0. The molecule has 0 radical (unpaired) electrons. The van der Waals surface area contributed by atoms with E-state index in [-0.39, 0.29) is 35.9 Å². The largest absolute Gasteiger partial charge is 0.482 e. The molecule has 118 valence electrons. The van der Waals surface area contributed by atoms with E-state index in [0.717, 1.165) is 18.2 Å². The lowest BCUT2D eigenvalue weighted by atomic mass is 10.1. The Morgan fingerprint density at radius 2 is 1.95 bits per heavy atom. The first-order chi connectivity index (χ1) is 9.61. The molecule has 0 saturated carbocycles. The Morgan fingerprint density at radius 1 is 1.33 bits per heavy atom. The zero-order valence-corrected chi connectivity index (χ0v) is 12.1. The van der Waals surface area contributed by atoms with Crippen molar-refractivity contribution in [2.75, 3.05) is 12.3 Å². The van der Waals surface area contributed by atoms with E-state index in [0.29, 0.717) is 0 Å². The molecule has 0 aromatic heterocycles. The number of ether oxygens (including phenoxy) is 1. The van der Waals surface area contributed by atoms with Crippen LogP contribution in [0.1, 0.15) is 26.3 Å². The van der Waals surface area contributed by atoms with E-state index in [9.17, 15) is 18.0 Å². The number of hydrogen-bond acceptors (Lipinski definition) is 3. The second-order valence-corrected chi connectivity index (χ2v) is 5.14. The average molecular weight is 304 g/mol. The van der Waals surface area contributed by atoms with Gasteiger partial charge in [-0.3, -0.25) is 4.79 Å². The van der Waals surface area contributed by atoms with E-state index < -0.39 is 11.7 Å². The van der Waals surface area contributed by atoms with Crippen molar-refractivity contribution in [1.29, 1.82) is 0 Å². The zero-order chi connectivity index (χ0) is 16.2. The fourth-order valence-corrected chi connectivity index (χ4v) is 1.46. The van der Waals surface area contributed by atoms with Crippen LogP contribution in [0.3, 0.4) is 0 Å². The van der Waals surface area contributed by atoms with Gasteiger partial charge in [-0.05, 0) is 31.0 Å². The molecule has 3 N–H and O–H groups in total. The minimum Gasteiger partial charge on any atom is -0.482 e. The highest BCUT2D eigenvalue weighted by Crippen LogP contribution is 2.33. The van der Waals surface area contributed by atoms with Crippen molar-refractivity contribution in [3.05, 3.63) is 23.8 Å². The third kappa shape index (κ3) is 5.17. The summed E-state index contributed by atoms with van der Waals surface area (Å²) < 4.78 is 42.6. The first kappa shape index (κ1) is 17.1. The Bertz CT molecular complexity index is 501. The number of nitrogen functional groups attached to an aromatic ring is 1. The lowest BCUT2D eigenvalue weighted by Crippen LogP contribution is -2.39. The fraction of sp³-hybridized carbons (Fsp3) is 0.500. The molecule has 0 saturated heterocycles. The van der Waals surface area contributed by atoms with Crippen LogP contribution in [-0.4, -0.2) is 18.6 Å². The highest BCUT2D eigenvalue weighted by molar-refractivity contribution is 5.78. The molecule has 0 aliphatic heterocycles. The Kier molecular flexibility index (Phi) is 5.46. The van der Waals surface area contributed by atoms with Gasteiger partial charge in [0.2, 0.25) is 0 Å². The Morgan fingerprint density at radius 3 is 2.43 bits per heavy atom. The predicted octanol–water partition coefficient (Wildman–Crippen LogP) is 2.83. The summed E-state index contributed by atoms with van der Waals surface area (Å²) in [6, 6.07) is 2.73. The van der Waals surface area contributed by atoms with Gasteiger partial charge < -0.3 is 15.8 Å². The molecule has 1 unspecified atom stereocenters. The summed E-state index contributed by atoms with van der Waals surface area (Å²) in [6.45, 7) is 5.47. The number of anilines is 1. The fourth-order valence-electron chi connectivity index (χ4n) is 1.46. The molecule has 7 heteroatoms. The van der Waals surface area contributed by atoms with Crippen LogP contribution in [0.2, 0.25) is 0 Å². The number of halogens is 3. The maximum absolute atomic E-state index is 12.5. The molecule has 0 bridgehead atoms. The second kappa shape index (κ2) is 6.69. The van der Waals surface area contributed by atoms with E-state index >= 15 is 0 Å². The average Bonchev–Trinajstić information content (AvgIpc) is 2.35. The molecule has 1 atom stereocenters. The smallest absolute Gasteiger partial charge is 0.416 e. The van der Waals surface area contributed by atoms with E-state index in [4.69, 9.17) is 10.5 Å². The van der Waals surface area contributed by atoms with Crippen molar-refractivity contribution < 1.29 is 22.7 Å². The molecular formula is C14H19F3N2O2. The van der Waals surface area contributed by atoms with Crippen molar-refractivity contribution in [2.45, 2.75) is 33.0 Å². The summed E-state index contributed by atoms with van der Waals surface area (Å²) >= 11 is 0. The van der Waals surface area contributed by atoms with Gasteiger partial charge in [0.15, 0.2) is 6.61 Å². The lowest BCUT2D eigenvalue weighted by Gasteiger charge is -2.18. The van der Waals surface area contributed by atoms with Crippen LogP contribution in [-0.2, 0) is 11.0 Å². The molecule has 1 aromatic carbocycles. The Labute approximate surface area is 121 Å². The molecule has 0 heterocycles. The van der Waals surface area contributed by atoms with Crippen molar-refractivity contribution in [3.8, 4) is 5.75 Å². The Balaban J connectivity index is 2.62. The quantitative estimate of drug-likeness (QED) is 0.822. The SMILES string of the molecule is CC(C)C(C)NC(=O)COc1ccc(C(F)(F)F)cc1N. The van der Waals surface area contributed by atoms with Gasteiger partial charge in [-0.15, -0.1) is 0 Å². The van der Waals surface area contributed by atoms with Gasteiger partial charge in [0.1, 0.15) is 5.75 Å². The van der Waals surface area contributed by atoms with Crippen LogP contribution in [0, 0.1) is 5.92 Å². The molecule has 0 spiro atoms. The highest BCUT2D eigenvalue weighted by Gasteiger charge is 2.31. The molecule has 0 aliphatic rings. The maximum atomic E-state index is 12.5. The van der Waals surface area contributed by atoms with Crippen molar-refractivity contribution in [2.24, 2.45) is 5.92 Å². The monoisotopic (exact) mass is 304 g/mol. The normalized spacial score (nSPS) is 13.1. The first-order valence-corrected chi connectivity index (χ1v) is 6.50. The number of nitrogens with one attached hydrogen (secondary N) is 1. The van der Waals surface area contributed by atoms with E-state index in [2.05, 4.69) is 5.32 Å². The molecule has 4 nitrogen and oxygen atoms in total. The number of carbonyl (C=O) groups excluding carboxylic acids is 1. The summed E-state index contributed by atoms with van der Waals surface area (Å²) in [5.41, 5.74) is 4.48. The topological polar surface area (TPSA) is 64.3 Å². The summed E-state index contributed by atoms with van der Waals surface area (Å²) in [4.78, 5) is 11.6. The van der Waals surface area contributed by atoms with Crippen LogP contribution in [0.15, 0.2) is 18.2 Å². The maximum Gasteiger partial charge on any atom is 0.416 e. The standard InChI is InChI=1S/C14H19F3N2O2/c1-8(2)9(3)19-13(20)7-21-12-5-4-10(6-11(12)18)14(15,16)17/h4-6,8-9H,7,18H2,1-3H3,(H,19,20). The predicted molar refractivity (Wildman–Crippen MR) is 73.8 cm³/mol. The van der Waals surface area contributed by atoms with Gasteiger partial charge >= 0.3 is 6.18 Å². The zero-order valence-electron chi connectivity index (χ0n) is 12.1. The number of nitrogens with two attached hydrogens (primary N) is 1. The number of carbonyl (C=O) groups is 1. The van der Waals surface area contributed by atoms with Crippen molar-refractivity contribution in [3.63, 3.8) is 0 Å². The van der Waals surface area contributed by atoms with Gasteiger partial charge in [-0.25, -0.2) is 0 Å². The van der Waals surface area contributed by atoms with Crippen LogP contribution in [0.4, 0.5) is 18.9 Å². The number of rotatable bonds is 5. The Hall–Kier alpha value is -1.92. The molecule has 1 rings (SSSR count). The molecule has 1 amide bonds. The molecule has 1 aromatic rings. The van der Waals surface area contributed by atoms with Crippen LogP contribution >= 0.6 is 0 Å². The number of alkyl halides is 3.